The fourth-order valence-electron chi connectivity index (χ4n) is 2.59. The second-order valence-corrected chi connectivity index (χ2v) is 3.79. The Morgan fingerprint density at radius 2 is 2.18 bits per heavy atom. The van der Waals surface area contributed by atoms with E-state index in [4.69, 9.17) is 10.5 Å². The molecule has 2 nitrogen and oxygen atoms in total. The highest BCUT2D eigenvalue weighted by Crippen LogP contribution is 2.37. The quantitative estimate of drug-likeness (QED) is 0.616. The number of hydrogen-bond donors (Lipinski definition) is 1. The first-order chi connectivity index (χ1) is 5.42. The van der Waals surface area contributed by atoms with E-state index in [0.717, 1.165) is 25.0 Å². The van der Waals surface area contributed by atoms with E-state index in [2.05, 4.69) is 0 Å². The Bertz CT molecular complexity index is 138. The lowest BCUT2D eigenvalue weighted by atomic mass is 9.77. The molecule has 1 heterocycles. The van der Waals surface area contributed by atoms with Crippen LogP contribution in [0, 0.1) is 11.8 Å². The van der Waals surface area contributed by atoms with Crippen LogP contribution in [0.3, 0.4) is 0 Å². The molecule has 2 rings (SSSR count). The Morgan fingerprint density at radius 3 is 3.00 bits per heavy atom. The lowest BCUT2D eigenvalue weighted by Gasteiger charge is -2.31. The summed E-state index contributed by atoms with van der Waals surface area (Å²) in [5.41, 5.74) is 5.70. The summed E-state index contributed by atoms with van der Waals surface area (Å²) in [5, 5.41) is 0. The van der Waals surface area contributed by atoms with E-state index in [0.29, 0.717) is 6.10 Å². The molecule has 0 aromatic heterocycles. The van der Waals surface area contributed by atoms with Crippen LogP contribution in [-0.2, 0) is 4.74 Å². The van der Waals surface area contributed by atoms with Gasteiger partial charge in [-0.2, -0.15) is 0 Å². The van der Waals surface area contributed by atoms with Crippen molar-refractivity contribution in [3.63, 3.8) is 0 Å². The molecule has 1 saturated heterocycles. The van der Waals surface area contributed by atoms with Gasteiger partial charge in [-0.3, -0.25) is 0 Å². The topological polar surface area (TPSA) is 35.2 Å². The van der Waals surface area contributed by atoms with Crippen LogP contribution in [0.15, 0.2) is 0 Å². The average molecular weight is 155 g/mol. The Morgan fingerprint density at radius 1 is 1.27 bits per heavy atom. The Balaban J connectivity index is 2.00. The highest BCUT2D eigenvalue weighted by atomic mass is 16.5. The van der Waals surface area contributed by atoms with Crippen molar-refractivity contribution in [1.29, 1.82) is 0 Å². The van der Waals surface area contributed by atoms with E-state index in [1.165, 1.54) is 25.7 Å². The number of hydrogen-bond acceptors (Lipinski definition) is 2. The fourth-order valence-corrected chi connectivity index (χ4v) is 2.59. The predicted molar refractivity (Wildman–Crippen MR) is 44.2 cm³/mol. The summed E-state index contributed by atoms with van der Waals surface area (Å²) in [6.45, 7) is 1.84. The molecule has 0 aromatic carbocycles. The molecule has 2 N–H and O–H groups in total. The summed E-state index contributed by atoms with van der Waals surface area (Å²) < 4.78 is 5.63. The largest absolute Gasteiger partial charge is 0.378 e. The predicted octanol–water partition coefficient (Wildman–Crippen LogP) is 1.15. The summed E-state index contributed by atoms with van der Waals surface area (Å²) >= 11 is 0. The van der Waals surface area contributed by atoms with Crippen LogP contribution in [0.25, 0.3) is 0 Å². The van der Waals surface area contributed by atoms with Crippen LogP contribution in [0.4, 0.5) is 0 Å². The SMILES string of the molecule is NC[C@@H]1CCC[C@@H]2OCC[C@H]12. The van der Waals surface area contributed by atoms with Gasteiger partial charge in [0.25, 0.3) is 0 Å². The van der Waals surface area contributed by atoms with Gasteiger partial charge in [0.1, 0.15) is 0 Å². The van der Waals surface area contributed by atoms with Crippen molar-refractivity contribution >= 4 is 0 Å². The monoisotopic (exact) mass is 155 g/mol. The van der Waals surface area contributed by atoms with Gasteiger partial charge in [0.05, 0.1) is 6.10 Å². The maximum Gasteiger partial charge on any atom is 0.0607 e. The van der Waals surface area contributed by atoms with Gasteiger partial charge < -0.3 is 10.5 Å². The van der Waals surface area contributed by atoms with Crippen LogP contribution >= 0.6 is 0 Å². The van der Waals surface area contributed by atoms with Gasteiger partial charge in [-0.25, -0.2) is 0 Å². The van der Waals surface area contributed by atoms with Crippen molar-refractivity contribution < 1.29 is 4.74 Å². The van der Waals surface area contributed by atoms with Crippen LogP contribution in [0.5, 0.6) is 0 Å². The van der Waals surface area contributed by atoms with Gasteiger partial charge in [-0.1, -0.05) is 6.42 Å². The van der Waals surface area contributed by atoms with Gasteiger partial charge >= 0.3 is 0 Å². The second-order valence-electron chi connectivity index (χ2n) is 3.79. The van der Waals surface area contributed by atoms with E-state index in [-0.39, 0.29) is 0 Å². The Hall–Kier alpha value is -0.0800. The van der Waals surface area contributed by atoms with Crippen molar-refractivity contribution in [2.45, 2.75) is 31.8 Å². The number of ether oxygens (including phenoxy) is 1. The molecule has 2 heteroatoms. The molecule has 1 aliphatic carbocycles. The molecule has 0 amide bonds. The summed E-state index contributed by atoms with van der Waals surface area (Å²) in [4.78, 5) is 0. The second kappa shape index (κ2) is 3.11. The fraction of sp³-hybridized carbons (Fsp3) is 1.00. The third kappa shape index (κ3) is 1.30. The molecule has 3 atom stereocenters. The van der Waals surface area contributed by atoms with E-state index in [9.17, 15) is 0 Å². The smallest absolute Gasteiger partial charge is 0.0607 e. The highest BCUT2D eigenvalue weighted by Gasteiger charge is 2.36. The summed E-state index contributed by atoms with van der Waals surface area (Å²) in [7, 11) is 0. The van der Waals surface area contributed by atoms with E-state index < -0.39 is 0 Å². The molecule has 0 unspecified atom stereocenters. The normalized spacial score (nSPS) is 43.9. The zero-order valence-electron chi connectivity index (χ0n) is 6.96. The first-order valence-electron chi connectivity index (χ1n) is 4.73. The van der Waals surface area contributed by atoms with Gasteiger partial charge in [0, 0.05) is 6.61 Å². The summed E-state index contributed by atoms with van der Waals surface area (Å²) in [6.07, 6.45) is 5.76. The third-order valence-electron chi connectivity index (χ3n) is 3.23. The van der Waals surface area contributed by atoms with Crippen molar-refractivity contribution in [1.82, 2.24) is 0 Å². The van der Waals surface area contributed by atoms with Crippen LogP contribution in [0.1, 0.15) is 25.7 Å². The lowest BCUT2D eigenvalue weighted by molar-refractivity contribution is 0.0457. The minimum atomic E-state index is 0.567. The average Bonchev–Trinajstić information content (AvgIpc) is 2.50. The summed E-state index contributed by atoms with van der Waals surface area (Å²) in [6, 6.07) is 0. The maximum atomic E-state index is 5.70. The summed E-state index contributed by atoms with van der Waals surface area (Å²) in [5.74, 6) is 1.56. The number of fused-ring (bicyclic) bond motifs is 1. The zero-order chi connectivity index (χ0) is 7.68. The molecule has 0 spiro atoms. The molecule has 1 aliphatic heterocycles. The Kier molecular flexibility index (Phi) is 2.14. The van der Waals surface area contributed by atoms with Gasteiger partial charge in [-0.05, 0) is 37.6 Å². The van der Waals surface area contributed by atoms with E-state index in [1.807, 2.05) is 0 Å². The van der Waals surface area contributed by atoms with Gasteiger partial charge in [0.15, 0.2) is 0 Å². The zero-order valence-corrected chi connectivity index (χ0v) is 6.96. The van der Waals surface area contributed by atoms with Crippen molar-refractivity contribution in [2.24, 2.45) is 17.6 Å². The van der Waals surface area contributed by atoms with Crippen LogP contribution < -0.4 is 5.73 Å². The molecular weight excluding hydrogens is 138 g/mol. The first kappa shape index (κ1) is 7.56. The molecule has 0 aromatic rings. The minimum absolute atomic E-state index is 0.567. The van der Waals surface area contributed by atoms with Crippen LogP contribution in [-0.4, -0.2) is 19.3 Å². The highest BCUT2D eigenvalue weighted by molar-refractivity contribution is 4.86. The molecule has 2 fully saturated rings. The van der Waals surface area contributed by atoms with Gasteiger partial charge in [-0.15, -0.1) is 0 Å². The van der Waals surface area contributed by atoms with Crippen molar-refractivity contribution in [3.8, 4) is 0 Å². The molecular formula is C9H17NO. The van der Waals surface area contributed by atoms with E-state index in [1.54, 1.807) is 0 Å². The first-order valence-corrected chi connectivity index (χ1v) is 4.73. The van der Waals surface area contributed by atoms with Crippen molar-refractivity contribution in [3.05, 3.63) is 0 Å². The Labute approximate surface area is 68.1 Å². The van der Waals surface area contributed by atoms with E-state index >= 15 is 0 Å². The molecule has 11 heavy (non-hydrogen) atoms. The number of nitrogens with two attached hydrogens (primary N) is 1. The molecule has 0 bridgehead atoms. The number of rotatable bonds is 1. The molecule has 64 valence electrons. The minimum Gasteiger partial charge on any atom is -0.378 e. The van der Waals surface area contributed by atoms with Crippen molar-refractivity contribution in [2.75, 3.05) is 13.2 Å². The lowest BCUT2D eigenvalue weighted by Crippen LogP contribution is -2.33. The van der Waals surface area contributed by atoms with Gasteiger partial charge in [0.2, 0.25) is 0 Å². The molecule has 1 saturated carbocycles. The molecule has 2 aliphatic rings. The van der Waals surface area contributed by atoms with Crippen LogP contribution in [0.2, 0.25) is 0 Å². The standard InChI is InChI=1S/C9H17NO/c10-6-7-2-1-3-9-8(7)4-5-11-9/h7-9H,1-6,10H2/t7-,8+,9-/m0/s1. The third-order valence-corrected chi connectivity index (χ3v) is 3.23. The maximum absolute atomic E-state index is 5.70. The molecule has 0 radical (unpaired) electrons.